The van der Waals surface area contributed by atoms with Crippen molar-refractivity contribution in [2.45, 2.75) is 24.7 Å². The molecule has 0 amide bonds. The van der Waals surface area contributed by atoms with Crippen molar-refractivity contribution < 1.29 is 0 Å². The molecule has 0 radical (unpaired) electrons. The Morgan fingerprint density at radius 2 is 1.94 bits per heavy atom. The van der Waals surface area contributed by atoms with E-state index in [0.29, 0.717) is 5.82 Å². The van der Waals surface area contributed by atoms with Gasteiger partial charge in [0.1, 0.15) is 0 Å². The minimum atomic E-state index is 0.0967. The molecule has 0 spiro atoms. The second kappa shape index (κ2) is 3.56. The van der Waals surface area contributed by atoms with Crippen LogP contribution in [0.15, 0.2) is 30.3 Å². The lowest BCUT2D eigenvalue weighted by Gasteiger charge is -2.41. The van der Waals surface area contributed by atoms with Gasteiger partial charge in [-0.2, -0.15) is 0 Å². The molecule has 1 aromatic heterocycles. The number of rotatable bonds is 2. The molecule has 0 saturated heterocycles. The van der Waals surface area contributed by atoms with E-state index in [1.807, 2.05) is 6.07 Å². The van der Waals surface area contributed by atoms with E-state index >= 15 is 0 Å². The van der Waals surface area contributed by atoms with E-state index in [1.165, 1.54) is 23.5 Å². The maximum Gasteiger partial charge on any atom is 0.162 e. The molecule has 4 heteroatoms. The third kappa shape index (κ3) is 1.26. The van der Waals surface area contributed by atoms with Gasteiger partial charge in [-0.1, -0.05) is 41.2 Å². The quantitative estimate of drug-likeness (QED) is 0.864. The maximum absolute atomic E-state index is 5.91. The molecule has 1 fully saturated rings. The lowest BCUT2D eigenvalue weighted by Crippen LogP contribution is -2.35. The van der Waals surface area contributed by atoms with E-state index in [4.69, 9.17) is 5.73 Å². The Morgan fingerprint density at radius 1 is 1.19 bits per heavy atom. The number of nitrogen functional groups attached to an aromatic ring is 1. The van der Waals surface area contributed by atoms with Gasteiger partial charge >= 0.3 is 0 Å². The van der Waals surface area contributed by atoms with Crippen LogP contribution in [0, 0.1) is 0 Å². The van der Waals surface area contributed by atoms with Crippen molar-refractivity contribution in [1.29, 1.82) is 0 Å². The molecule has 16 heavy (non-hydrogen) atoms. The molecule has 1 heterocycles. The fourth-order valence-electron chi connectivity index (χ4n) is 2.46. The average molecular weight is 231 g/mol. The first kappa shape index (κ1) is 9.78. The highest BCUT2D eigenvalue weighted by molar-refractivity contribution is 7.06. The number of nitrogens with two attached hydrogens (primary N) is 1. The predicted molar refractivity (Wildman–Crippen MR) is 65.4 cm³/mol. The maximum atomic E-state index is 5.91. The van der Waals surface area contributed by atoms with E-state index in [-0.39, 0.29) is 5.41 Å². The van der Waals surface area contributed by atoms with Gasteiger partial charge in [0.05, 0.1) is 4.88 Å². The summed E-state index contributed by atoms with van der Waals surface area (Å²) in [6.45, 7) is 0. The number of hydrogen-bond donors (Lipinski definition) is 1. The van der Waals surface area contributed by atoms with Crippen molar-refractivity contribution in [3.05, 3.63) is 40.8 Å². The number of nitrogens with zero attached hydrogens (tertiary/aromatic N) is 2. The van der Waals surface area contributed by atoms with Gasteiger partial charge in [-0.25, -0.2) is 0 Å². The summed E-state index contributed by atoms with van der Waals surface area (Å²) in [5, 5.41) is 3.94. The van der Waals surface area contributed by atoms with Crippen LogP contribution in [0.3, 0.4) is 0 Å². The number of anilines is 1. The summed E-state index contributed by atoms with van der Waals surface area (Å²) < 4.78 is 3.96. The van der Waals surface area contributed by atoms with Gasteiger partial charge in [0.2, 0.25) is 0 Å². The zero-order valence-electron chi connectivity index (χ0n) is 8.89. The number of benzene rings is 1. The lowest BCUT2D eigenvalue weighted by atomic mass is 9.63. The third-order valence-corrected chi connectivity index (χ3v) is 4.43. The molecule has 0 bridgehead atoms. The minimum absolute atomic E-state index is 0.0967. The molecule has 2 N–H and O–H groups in total. The van der Waals surface area contributed by atoms with Crippen LogP contribution in [-0.4, -0.2) is 9.59 Å². The van der Waals surface area contributed by atoms with Crippen LogP contribution in [0.5, 0.6) is 0 Å². The molecule has 0 atom stereocenters. The first-order valence-electron chi connectivity index (χ1n) is 5.47. The van der Waals surface area contributed by atoms with Gasteiger partial charge < -0.3 is 5.73 Å². The van der Waals surface area contributed by atoms with Crippen molar-refractivity contribution in [3.8, 4) is 0 Å². The van der Waals surface area contributed by atoms with Crippen molar-refractivity contribution >= 4 is 17.4 Å². The largest absolute Gasteiger partial charge is 0.381 e. The van der Waals surface area contributed by atoms with Crippen LogP contribution in [0.25, 0.3) is 0 Å². The Labute approximate surface area is 98.5 Å². The zero-order chi connectivity index (χ0) is 11.0. The van der Waals surface area contributed by atoms with E-state index in [0.717, 1.165) is 17.7 Å². The van der Waals surface area contributed by atoms with Gasteiger partial charge in [0.25, 0.3) is 0 Å². The molecule has 1 aliphatic rings. The summed E-state index contributed by atoms with van der Waals surface area (Å²) in [6, 6.07) is 10.6. The first-order valence-corrected chi connectivity index (χ1v) is 6.24. The second-order valence-electron chi connectivity index (χ2n) is 4.29. The summed E-state index contributed by atoms with van der Waals surface area (Å²) in [4.78, 5) is 1.14. The predicted octanol–water partition coefficient (Wildman–Crippen LogP) is 2.59. The average Bonchev–Trinajstić information content (AvgIpc) is 2.66. The monoisotopic (exact) mass is 231 g/mol. The SMILES string of the molecule is Nc1nnsc1C1(c2ccccc2)CCC1. The topological polar surface area (TPSA) is 51.8 Å². The minimum Gasteiger partial charge on any atom is -0.381 e. The zero-order valence-corrected chi connectivity index (χ0v) is 9.70. The number of hydrogen-bond acceptors (Lipinski definition) is 4. The highest BCUT2D eigenvalue weighted by Gasteiger charge is 2.43. The molecule has 3 rings (SSSR count). The molecular formula is C12H13N3S. The Kier molecular flexibility index (Phi) is 2.17. The summed E-state index contributed by atoms with van der Waals surface area (Å²) in [6.07, 6.45) is 3.57. The lowest BCUT2D eigenvalue weighted by molar-refractivity contribution is 0.308. The fourth-order valence-corrected chi connectivity index (χ4v) is 3.31. The third-order valence-electron chi connectivity index (χ3n) is 3.48. The molecule has 1 aromatic carbocycles. The van der Waals surface area contributed by atoms with Crippen molar-refractivity contribution in [2.24, 2.45) is 0 Å². The molecule has 0 unspecified atom stereocenters. The van der Waals surface area contributed by atoms with Gasteiger partial charge in [-0.05, 0) is 29.9 Å². The smallest absolute Gasteiger partial charge is 0.162 e. The summed E-state index contributed by atoms with van der Waals surface area (Å²) in [5.74, 6) is 0.605. The summed E-state index contributed by atoms with van der Waals surface area (Å²) in [7, 11) is 0. The highest BCUT2D eigenvalue weighted by atomic mass is 32.1. The van der Waals surface area contributed by atoms with E-state index in [2.05, 4.69) is 33.9 Å². The second-order valence-corrected chi connectivity index (χ2v) is 5.04. The highest BCUT2D eigenvalue weighted by Crippen LogP contribution is 2.51. The van der Waals surface area contributed by atoms with Crippen molar-refractivity contribution in [3.63, 3.8) is 0 Å². The fraction of sp³-hybridized carbons (Fsp3) is 0.333. The van der Waals surface area contributed by atoms with Crippen LogP contribution in [-0.2, 0) is 5.41 Å². The van der Waals surface area contributed by atoms with Crippen molar-refractivity contribution in [2.75, 3.05) is 5.73 Å². The molecule has 0 aliphatic heterocycles. The van der Waals surface area contributed by atoms with E-state index in [9.17, 15) is 0 Å². The van der Waals surface area contributed by atoms with Crippen LogP contribution in [0.4, 0.5) is 5.82 Å². The Bertz CT molecular complexity index is 488. The Morgan fingerprint density at radius 3 is 2.44 bits per heavy atom. The first-order chi connectivity index (χ1) is 7.83. The molecular weight excluding hydrogens is 218 g/mol. The van der Waals surface area contributed by atoms with Gasteiger partial charge in [-0.15, -0.1) is 5.10 Å². The van der Waals surface area contributed by atoms with Gasteiger partial charge in [0, 0.05) is 5.41 Å². The Balaban J connectivity index is 2.11. The van der Waals surface area contributed by atoms with Crippen LogP contribution >= 0.6 is 11.5 Å². The summed E-state index contributed by atoms with van der Waals surface area (Å²) in [5.41, 5.74) is 7.35. The van der Waals surface area contributed by atoms with E-state index in [1.54, 1.807) is 0 Å². The molecule has 1 saturated carbocycles. The molecule has 2 aromatic rings. The van der Waals surface area contributed by atoms with Crippen LogP contribution < -0.4 is 5.73 Å². The van der Waals surface area contributed by atoms with Crippen LogP contribution in [0.2, 0.25) is 0 Å². The van der Waals surface area contributed by atoms with Gasteiger partial charge in [0.15, 0.2) is 5.82 Å². The van der Waals surface area contributed by atoms with Crippen LogP contribution in [0.1, 0.15) is 29.7 Å². The molecule has 82 valence electrons. The summed E-state index contributed by atoms with van der Waals surface area (Å²) >= 11 is 1.44. The van der Waals surface area contributed by atoms with E-state index < -0.39 is 0 Å². The normalized spacial score (nSPS) is 18.0. The van der Waals surface area contributed by atoms with Gasteiger partial charge in [-0.3, -0.25) is 0 Å². The van der Waals surface area contributed by atoms with Crippen molar-refractivity contribution in [1.82, 2.24) is 9.59 Å². The molecule has 1 aliphatic carbocycles. The Hall–Kier alpha value is -1.42. The molecule has 3 nitrogen and oxygen atoms in total. The standard InChI is InChI=1S/C12H13N3S/c13-11-10(16-15-14-11)12(7-4-8-12)9-5-2-1-3-6-9/h1-3,5-6H,4,7-8,13H2. The number of aromatic nitrogens is 2.